The third-order valence-corrected chi connectivity index (χ3v) is 5.18. The van der Waals surface area contributed by atoms with Gasteiger partial charge in [0.1, 0.15) is 29.2 Å². The smallest absolute Gasteiger partial charge is 0.522 e. The van der Waals surface area contributed by atoms with Gasteiger partial charge in [0.2, 0.25) is 5.91 Å². The number of aryl methyl sites for hydroxylation is 1. The number of hydrogen-bond acceptors (Lipinski definition) is 8. The van der Waals surface area contributed by atoms with Gasteiger partial charge in [-0.15, -0.1) is 0 Å². The van der Waals surface area contributed by atoms with Gasteiger partial charge in [-0.1, -0.05) is 6.07 Å². The largest absolute Gasteiger partial charge is 0.535 e. The maximum absolute atomic E-state index is 12.4. The van der Waals surface area contributed by atoms with E-state index in [4.69, 9.17) is 15.1 Å². The van der Waals surface area contributed by atoms with E-state index >= 15 is 0 Å². The Bertz CT molecular complexity index is 820. The molecule has 0 saturated carbocycles. The van der Waals surface area contributed by atoms with Crippen molar-refractivity contribution in [2.24, 2.45) is 10.7 Å². The number of carboxylic acid groups (broad SMARTS) is 1. The van der Waals surface area contributed by atoms with Crippen LogP contribution in [0.25, 0.3) is 0 Å². The summed E-state index contributed by atoms with van der Waals surface area (Å²) in [5.74, 6) is -1.08. The second-order valence-electron chi connectivity index (χ2n) is 7.12. The van der Waals surface area contributed by atoms with Gasteiger partial charge in [-0.3, -0.25) is 9.79 Å². The van der Waals surface area contributed by atoms with Crippen molar-refractivity contribution in [2.75, 3.05) is 19.6 Å². The van der Waals surface area contributed by atoms with Crippen molar-refractivity contribution in [3.63, 3.8) is 0 Å². The van der Waals surface area contributed by atoms with Crippen LogP contribution in [0.15, 0.2) is 17.1 Å². The predicted octanol–water partition coefficient (Wildman–Crippen LogP) is -1.28. The van der Waals surface area contributed by atoms with Crippen molar-refractivity contribution in [1.82, 2.24) is 10.2 Å². The lowest BCUT2D eigenvalue weighted by atomic mass is 9.78. The van der Waals surface area contributed by atoms with Gasteiger partial charge in [0.05, 0.1) is 32.0 Å². The minimum absolute atomic E-state index is 0.106. The summed E-state index contributed by atoms with van der Waals surface area (Å²) in [5, 5.41) is 22.3. The van der Waals surface area contributed by atoms with Crippen molar-refractivity contribution in [1.29, 1.82) is 0 Å². The fourth-order valence-electron chi connectivity index (χ4n) is 3.55. The highest BCUT2D eigenvalue weighted by atomic mass is 16.5. The highest BCUT2D eigenvalue weighted by molar-refractivity contribution is 6.44. The number of aromatic carboxylic acids is 1. The van der Waals surface area contributed by atoms with Crippen LogP contribution >= 0.6 is 0 Å². The Morgan fingerprint density at radius 3 is 2.89 bits per heavy atom. The standard InChI is InChI=1S/C17H21BN4O6/c19-14(11-5-20-8-21-11)16(23)22-6-10(7-22)27-12-2-1-9-3-4-18(26)28-15(9)13(12)17(24)25/h1-2,8,10-11,14,26H,3-7,19H2,(H,20,21)(H,24,25)/t11?,14-/m0/s1. The molecule has 1 amide bonds. The first kappa shape index (κ1) is 18.6. The minimum Gasteiger partial charge on any atom is -0.535 e. The second-order valence-corrected chi connectivity index (χ2v) is 7.12. The number of carboxylic acids is 1. The van der Waals surface area contributed by atoms with Crippen LogP contribution in [0.4, 0.5) is 0 Å². The molecular weight excluding hydrogens is 367 g/mol. The van der Waals surface area contributed by atoms with Crippen LogP contribution in [-0.4, -0.2) is 78.2 Å². The van der Waals surface area contributed by atoms with E-state index in [2.05, 4.69) is 10.3 Å². The molecule has 1 fully saturated rings. The van der Waals surface area contributed by atoms with Crippen LogP contribution in [0, 0.1) is 0 Å². The van der Waals surface area contributed by atoms with Crippen molar-refractivity contribution < 1.29 is 29.1 Å². The zero-order valence-corrected chi connectivity index (χ0v) is 15.1. The van der Waals surface area contributed by atoms with E-state index < -0.39 is 19.1 Å². The summed E-state index contributed by atoms with van der Waals surface area (Å²) < 4.78 is 11.2. The number of benzene rings is 1. The fraction of sp³-hybridized carbons (Fsp3) is 0.471. The molecule has 3 aliphatic rings. The van der Waals surface area contributed by atoms with Crippen molar-refractivity contribution in [2.45, 2.75) is 30.9 Å². The first-order valence-electron chi connectivity index (χ1n) is 9.13. The number of nitrogens with one attached hydrogen (secondary N) is 1. The number of aliphatic imine (C=N–C) groups is 1. The van der Waals surface area contributed by atoms with E-state index in [9.17, 15) is 19.7 Å². The lowest BCUT2D eigenvalue weighted by Gasteiger charge is -2.41. The number of likely N-dealkylation sites (tertiary alicyclic amines) is 1. The molecule has 3 heterocycles. The number of nitrogens with zero attached hydrogens (tertiary/aromatic N) is 2. The number of fused-ring (bicyclic) bond motifs is 1. The molecule has 5 N–H and O–H groups in total. The number of hydrogen-bond donors (Lipinski definition) is 4. The number of ether oxygens (including phenoxy) is 1. The molecule has 28 heavy (non-hydrogen) atoms. The monoisotopic (exact) mass is 388 g/mol. The molecule has 1 saturated heterocycles. The summed E-state index contributed by atoms with van der Waals surface area (Å²) in [7, 11) is -1.03. The third-order valence-electron chi connectivity index (χ3n) is 5.18. The second kappa shape index (κ2) is 7.32. The Morgan fingerprint density at radius 2 is 2.21 bits per heavy atom. The van der Waals surface area contributed by atoms with E-state index in [1.807, 2.05) is 0 Å². The third kappa shape index (κ3) is 3.38. The zero-order chi connectivity index (χ0) is 19.8. The van der Waals surface area contributed by atoms with Gasteiger partial charge in [0, 0.05) is 0 Å². The highest BCUT2D eigenvalue weighted by Gasteiger charge is 2.39. The van der Waals surface area contributed by atoms with Crippen LogP contribution in [0.2, 0.25) is 6.32 Å². The molecule has 1 aromatic carbocycles. The normalized spacial score (nSPS) is 22.0. The zero-order valence-electron chi connectivity index (χ0n) is 15.1. The lowest BCUT2D eigenvalue weighted by Crippen LogP contribution is -2.63. The summed E-state index contributed by atoms with van der Waals surface area (Å²) >= 11 is 0. The highest BCUT2D eigenvalue weighted by Crippen LogP contribution is 2.37. The number of carbonyl (C=O) groups is 2. The van der Waals surface area contributed by atoms with Crippen molar-refractivity contribution >= 4 is 25.3 Å². The average molecular weight is 388 g/mol. The molecule has 10 nitrogen and oxygen atoms in total. The fourth-order valence-corrected chi connectivity index (χ4v) is 3.55. The summed E-state index contributed by atoms with van der Waals surface area (Å²) in [6, 6.07) is 2.43. The lowest BCUT2D eigenvalue weighted by molar-refractivity contribution is -0.141. The van der Waals surface area contributed by atoms with E-state index in [1.54, 1.807) is 23.4 Å². The van der Waals surface area contributed by atoms with Gasteiger partial charge in [0.15, 0.2) is 0 Å². The van der Waals surface area contributed by atoms with Gasteiger partial charge in [0.25, 0.3) is 0 Å². The van der Waals surface area contributed by atoms with Crippen LogP contribution in [0.5, 0.6) is 11.5 Å². The molecule has 1 aromatic rings. The number of amides is 1. The van der Waals surface area contributed by atoms with Gasteiger partial charge in [-0.05, 0) is 24.4 Å². The van der Waals surface area contributed by atoms with Gasteiger partial charge >= 0.3 is 13.1 Å². The molecule has 0 radical (unpaired) electrons. The number of rotatable bonds is 5. The molecule has 4 rings (SSSR count). The molecular formula is C17H21BN4O6. The van der Waals surface area contributed by atoms with E-state index in [-0.39, 0.29) is 35.1 Å². The van der Waals surface area contributed by atoms with Crippen LogP contribution in [0.1, 0.15) is 15.9 Å². The van der Waals surface area contributed by atoms with E-state index in [0.29, 0.717) is 32.4 Å². The maximum Gasteiger partial charge on any atom is 0.522 e. The van der Waals surface area contributed by atoms with E-state index in [1.165, 1.54) is 0 Å². The van der Waals surface area contributed by atoms with Crippen molar-refractivity contribution in [3.05, 3.63) is 23.3 Å². The van der Waals surface area contributed by atoms with Crippen LogP contribution < -0.4 is 20.4 Å². The average Bonchev–Trinajstić information content (AvgIpc) is 3.17. The van der Waals surface area contributed by atoms with Crippen LogP contribution in [0.3, 0.4) is 0 Å². The summed E-state index contributed by atoms with van der Waals surface area (Å²) in [6.45, 7) is 1.10. The van der Waals surface area contributed by atoms with Gasteiger partial charge in [-0.2, -0.15) is 0 Å². The van der Waals surface area contributed by atoms with Gasteiger partial charge < -0.3 is 35.5 Å². The Kier molecular flexibility index (Phi) is 4.86. The maximum atomic E-state index is 12.4. The first-order chi connectivity index (χ1) is 13.4. The molecule has 148 valence electrons. The molecule has 0 aromatic heterocycles. The number of nitrogens with two attached hydrogens (primary N) is 1. The van der Waals surface area contributed by atoms with E-state index in [0.717, 1.165) is 5.56 Å². The topological polar surface area (TPSA) is 147 Å². The Morgan fingerprint density at radius 1 is 1.43 bits per heavy atom. The predicted molar refractivity (Wildman–Crippen MR) is 99.8 cm³/mol. The molecule has 1 unspecified atom stereocenters. The first-order valence-corrected chi connectivity index (χ1v) is 9.13. The Hall–Kier alpha value is -2.79. The Labute approximate surface area is 161 Å². The molecule has 2 atom stereocenters. The van der Waals surface area contributed by atoms with Gasteiger partial charge in [-0.25, -0.2) is 4.79 Å². The quantitative estimate of drug-likeness (QED) is 0.456. The molecule has 0 aliphatic carbocycles. The SMILES string of the molecule is N[C@H](C(=O)N1CC(Oc2ccc3c(c2C(=O)O)OB(O)CC3)C1)C1CN=CN1. The Balaban J connectivity index is 1.41. The number of carbonyl (C=O) groups excluding carboxylic acids is 1. The molecule has 11 heteroatoms. The minimum atomic E-state index is -1.19. The molecule has 0 bridgehead atoms. The molecule has 0 spiro atoms. The summed E-state index contributed by atoms with van der Waals surface area (Å²) in [6.07, 6.45) is 2.14. The van der Waals surface area contributed by atoms with Crippen molar-refractivity contribution in [3.8, 4) is 11.5 Å². The molecule has 3 aliphatic heterocycles. The summed E-state index contributed by atoms with van der Waals surface area (Å²) in [5.41, 5.74) is 6.61. The van der Waals surface area contributed by atoms with Crippen LogP contribution in [-0.2, 0) is 11.2 Å². The summed E-state index contributed by atoms with van der Waals surface area (Å²) in [4.78, 5) is 29.8.